The van der Waals surface area contributed by atoms with Crippen molar-refractivity contribution in [3.63, 3.8) is 0 Å². The maximum atomic E-state index is 13.4. The van der Waals surface area contributed by atoms with Crippen LogP contribution in [0, 0.1) is 5.82 Å². The van der Waals surface area contributed by atoms with Gasteiger partial charge in [0.25, 0.3) is 5.91 Å². The summed E-state index contributed by atoms with van der Waals surface area (Å²) in [5.74, 6) is -3.70. The van der Waals surface area contributed by atoms with Crippen molar-refractivity contribution in [2.24, 2.45) is 0 Å². The Hall–Kier alpha value is -3.08. The van der Waals surface area contributed by atoms with Gasteiger partial charge in [-0.05, 0) is 24.1 Å². The van der Waals surface area contributed by atoms with E-state index in [1.807, 2.05) is 0 Å². The number of carbonyl (C=O) groups excluding carboxylic acids is 1. The van der Waals surface area contributed by atoms with Gasteiger partial charge < -0.3 is 24.8 Å². The summed E-state index contributed by atoms with van der Waals surface area (Å²) in [5, 5.41) is 28.7. The smallest absolute Gasteiger partial charge is 0.303 e. The molecule has 1 amide bonds. The average molecular weight is 428 g/mol. The number of sulfone groups is 1. The maximum Gasteiger partial charge on any atom is 0.303 e. The molecule has 0 aliphatic carbocycles. The van der Waals surface area contributed by atoms with Crippen LogP contribution in [0.5, 0.6) is 11.6 Å². The molecule has 0 atom stereocenters. The highest BCUT2D eigenvalue weighted by Crippen LogP contribution is 2.32. The van der Waals surface area contributed by atoms with Crippen LogP contribution in [0.4, 0.5) is 4.39 Å². The molecule has 158 valence electrons. The van der Waals surface area contributed by atoms with Gasteiger partial charge in [-0.15, -0.1) is 0 Å². The molecule has 9 nitrogen and oxygen atoms in total. The Morgan fingerprint density at radius 3 is 2.48 bits per heavy atom. The molecule has 2 rings (SSSR count). The van der Waals surface area contributed by atoms with Crippen molar-refractivity contribution < 1.29 is 37.7 Å². The molecule has 1 aromatic heterocycles. The topological polar surface area (TPSA) is 137 Å². The fourth-order valence-electron chi connectivity index (χ4n) is 2.80. The number of carbonyl (C=O) groups is 2. The zero-order valence-corrected chi connectivity index (χ0v) is 16.6. The first-order valence-corrected chi connectivity index (χ1v) is 10.4. The average Bonchev–Trinajstić information content (AvgIpc) is 2.90. The molecule has 0 radical (unpaired) electrons. The second-order valence-corrected chi connectivity index (χ2v) is 8.58. The van der Waals surface area contributed by atoms with Crippen LogP contribution in [0.25, 0.3) is 0 Å². The molecule has 1 heterocycles. The first-order chi connectivity index (χ1) is 13.4. The predicted molar refractivity (Wildman–Crippen MR) is 99.9 cm³/mol. The van der Waals surface area contributed by atoms with Gasteiger partial charge >= 0.3 is 5.97 Å². The summed E-state index contributed by atoms with van der Waals surface area (Å²) in [6.07, 6.45) is 2.13. The molecular weight excluding hydrogens is 407 g/mol. The molecule has 0 fully saturated rings. The zero-order valence-electron chi connectivity index (χ0n) is 15.8. The van der Waals surface area contributed by atoms with Crippen molar-refractivity contribution in [3.05, 3.63) is 41.3 Å². The first-order valence-electron chi connectivity index (χ1n) is 8.48. The van der Waals surface area contributed by atoms with Crippen LogP contribution in [0.3, 0.4) is 0 Å². The lowest BCUT2D eigenvalue weighted by atomic mass is 10.2. The van der Waals surface area contributed by atoms with E-state index in [9.17, 15) is 32.6 Å². The SMILES string of the molecule is CN(Cc1ccc(F)cc1S(C)(=O)=O)C(=O)c1cn(CCCC(=O)O)c(O)c1O. The molecule has 11 heteroatoms. The number of nitrogens with zero attached hydrogens (tertiary/aromatic N) is 2. The second kappa shape index (κ2) is 8.52. The molecular formula is C18H21FN2O7S. The lowest BCUT2D eigenvalue weighted by Gasteiger charge is -2.18. The first kappa shape index (κ1) is 22.2. The number of aryl methyl sites for hydroxylation is 1. The minimum absolute atomic E-state index is 0.0683. The van der Waals surface area contributed by atoms with Gasteiger partial charge in [-0.1, -0.05) is 6.07 Å². The summed E-state index contributed by atoms with van der Waals surface area (Å²) in [6, 6.07) is 3.19. The third kappa shape index (κ3) is 5.25. The van der Waals surface area contributed by atoms with E-state index >= 15 is 0 Å². The van der Waals surface area contributed by atoms with E-state index < -0.39 is 39.2 Å². The summed E-state index contributed by atoms with van der Waals surface area (Å²) in [6.45, 7) is -0.120. The Labute approximate surface area is 166 Å². The predicted octanol–water partition coefficient (Wildman–Crippen LogP) is 1.58. The summed E-state index contributed by atoms with van der Waals surface area (Å²) >= 11 is 0. The van der Waals surface area contributed by atoms with Crippen LogP contribution in [-0.4, -0.2) is 58.4 Å². The normalized spacial score (nSPS) is 11.4. The van der Waals surface area contributed by atoms with Gasteiger partial charge in [0.2, 0.25) is 5.88 Å². The molecule has 0 unspecified atom stereocenters. The number of carboxylic acids is 1. The van der Waals surface area contributed by atoms with Gasteiger partial charge in [-0.25, -0.2) is 12.8 Å². The van der Waals surface area contributed by atoms with Gasteiger partial charge in [-0.2, -0.15) is 0 Å². The van der Waals surface area contributed by atoms with E-state index in [1.165, 1.54) is 19.3 Å². The van der Waals surface area contributed by atoms with Gasteiger partial charge in [0, 0.05) is 39.0 Å². The van der Waals surface area contributed by atoms with Crippen molar-refractivity contribution in [2.75, 3.05) is 13.3 Å². The number of carboxylic acid groups (broad SMARTS) is 1. The molecule has 0 bridgehead atoms. The Morgan fingerprint density at radius 1 is 1.24 bits per heavy atom. The number of aromatic hydroxyl groups is 2. The van der Waals surface area contributed by atoms with Crippen molar-refractivity contribution >= 4 is 21.7 Å². The Bertz CT molecular complexity index is 1050. The van der Waals surface area contributed by atoms with Gasteiger partial charge in [0.05, 0.1) is 4.90 Å². The van der Waals surface area contributed by atoms with Crippen molar-refractivity contribution in [3.8, 4) is 11.6 Å². The molecule has 2 aromatic rings. The van der Waals surface area contributed by atoms with Gasteiger partial charge in [-0.3, -0.25) is 9.59 Å². The van der Waals surface area contributed by atoms with E-state index in [1.54, 1.807) is 0 Å². The van der Waals surface area contributed by atoms with Crippen LogP contribution in [-0.2, 0) is 27.7 Å². The standard InChI is InChI=1S/C18H21FN2O7S/c1-20(9-11-5-6-12(19)8-14(11)29(2,27)28)17(25)13-10-21(18(26)16(13)24)7-3-4-15(22)23/h5-6,8,10,24,26H,3-4,7,9H2,1-2H3,(H,22,23). The number of hydrogen-bond acceptors (Lipinski definition) is 6. The Kier molecular flexibility index (Phi) is 6.52. The summed E-state index contributed by atoms with van der Waals surface area (Å²) in [5.41, 5.74) is -0.0438. The van der Waals surface area contributed by atoms with E-state index in [4.69, 9.17) is 5.11 Å². The molecule has 0 aliphatic heterocycles. The second-order valence-electron chi connectivity index (χ2n) is 6.59. The number of amides is 1. The monoisotopic (exact) mass is 428 g/mol. The van der Waals surface area contributed by atoms with E-state index in [0.717, 1.165) is 27.9 Å². The van der Waals surface area contributed by atoms with Crippen molar-refractivity contribution in [1.29, 1.82) is 0 Å². The fourth-order valence-corrected chi connectivity index (χ4v) is 3.73. The van der Waals surface area contributed by atoms with Crippen molar-refractivity contribution in [2.45, 2.75) is 30.8 Å². The van der Waals surface area contributed by atoms with Crippen LogP contribution in [0.1, 0.15) is 28.8 Å². The number of aromatic nitrogens is 1. The van der Waals surface area contributed by atoms with Crippen LogP contribution < -0.4 is 0 Å². The minimum Gasteiger partial charge on any atom is -0.503 e. The molecule has 1 aromatic carbocycles. The number of benzene rings is 1. The zero-order chi connectivity index (χ0) is 21.9. The summed E-state index contributed by atoms with van der Waals surface area (Å²) in [7, 11) is -2.38. The minimum atomic E-state index is -3.74. The number of hydrogen-bond donors (Lipinski definition) is 3. The third-order valence-corrected chi connectivity index (χ3v) is 5.41. The van der Waals surface area contributed by atoms with Gasteiger partial charge in [0.15, 0.2) is 15.6 Å². The molecule has 0 spiro atoms. The van der Waals surface area contributed by atoms with Crippen LogP contribution in [0.2, 0.25) is 0 Å². The molecule has 0 saturated heterocycles. The molecule has 29 heavy (non-hydrogen) atoms. The largest absolute Gasteiger partial charge is 0.503 e. The Morgan fingerprint density at radius 2 is 1.90 bits per heavy atom. The third-order valence-electron chi connectivity index (χ3n) is 4.23. The highest BCUT2D eigenvalue weighted by molar-refractivity contribution is 7.90. The Balaban J connectivity index is 2.25. The quantitative estimate of drug-likeness (QED) is 0.580. The number of halogens is 1. The molecule has 3 N–H and O–H groups in total. The molecule has 0 aliphatic rings. The lowest BCUT2D eigenvalue weighted by Crippen LogP contribution is -2.26. The van der Waals surface area contributed by atoms with Gasteiger partial charge in [0.1, 0.15) is 11.4 Å². The maximum absolute atomic E-state index is 13.4. The van der Waals surface area contributed by atoms with E-state index in [-0.39, 0.29) is 42.0 Å². The lowest BCUT2D eigenvalue weighted by molar-refractivity contribution is -0.137. The highest BCUT2D eigenvalue weighted by Gasteiger charge is 2.24. The van der Waals surface area contributed by atoms with Crippen molar-refractivity contribution in [1.82, 2.24) is 9.47 Å². The summed E-state index contributed by atoms with van der Waals surface area (Å²) in [4.78, 5) is 24.1. The van der Waals surface area contributed by atoms with Crippen LogP contribution in [0.15, 0.2) is 29.3 Å². The van der Waals surface area contributed by atoms with Crippen LogP contribution >= 0.6 is 0 Å². The molecule has 0 saturated carbocycles. The fraction of sp³-hybridized carbons (Fsp3) is 0.333. The highest BCUT2D eigenvalue weighted by atomic mass is 32.2. The number of rotatable bonds is 8. The number of aliphatic carboxylic acids is 1. The van der Waals surface area contributed by atoms with E-state index in [2.05, 4.69) is 0 Å². The van der Waals surface area contributed by atoms with E-state index in [0.29, 0.717) is 0 Å². The summed E-state index contributed by atoms with van der Waals surface area (Å²) < 4.78 is 38.4.